The van der Waals surface area contributed by atoms with Crippen molar-refractivity contribution in [2.45, 2.75) is 58.3 Å². The Balaban J connectivity index is 1.55. The van der Waals surface area contributed by atoms with E-state index in [0.717, 1.165) is 30.1 Å². The van der Waals surface area contributed by atoms with Crippen molar-refractivity contribution < 1.29 is 10.2 Å². The number of hydrogen-bond acceptors (Lipinski definition) is 3. The van der Waals surface area contributed by atoms with E-state index < -0.39 is 0 Å². The van der Waals surface area contributed by atoms with Gasteiger partial charge in [-0.25, -0.2) is 4.98 Å². The lowest BCUT2D eigenvalue weighted by molar-refractivity contribution is 0.374. The fourth-order valence-corrected chi connectivity index (χ4v) is 3.99. The van der Waals surface area contributed by atoms with Crippen LogP contribution < -0.4 is 0 Å². The maximum atomic E-state index is 10.4. The molecule has 2 aromatic rings. The van der Waals surface area contributed by atoms with Gasteiger partial charge in [0.2, 0.25) is 5.88 Å². The molecule has 0 saturated heterocycles. The molecule has 1 aliphatic rings. The van der Waals surface area contributed by atoms with E-state index in [4.69, 9.17) is 0 Å². The van der Waals surface area contributed by atoms with Gasteiger partial charge >= 0.3 is 0 Å². The molecule has 3 nitrogen and oxygen atoms in total. The zero-order valence-electron chi connectivity index (χ0n) is 14.0. The Kier molecular flexibility index (Phi) is 5.04. The molecule has 3 heteroatoms. The maximum Gasteiger partial charge on any atom is 0.218 e. The van der Waals surface area contributed by atoms with Crippen LogP contribution in [0.5, 0.6) is 11.6 Å². The predicted molar refractivity (Wildman–Crippen MR) is 93.7 cm³/mol. The minimum atomic E-state index is -0.0226. The largest absolute Gasteiger partial charge is 0.507 e. The fourth-order valence-electron chi connectivity index (χ4n) is 3.99. The fraction of sp³-hybridized carbons (Fsp3) is 0.550. The van der Waals surface area contributed by atoms with Gasteiger partial charge < -0.3 is 10.2 Å². The zero-order chi connectivity index (χ0) is 16.2. The molecule has 1 heterocycles. The first kappa shape index (κ1) is 16.1. The quantitative estimate of drug-likeness (QED) is 0.722. The van der Waals surface area contributed by atoms with Crippen LogP contribution >= 0.6 is 0 Å². The number of para-hydroxylation sites is 1. The lowest BCUT2D eigenvalue weighted by Gasteiger charge is -2.14. The molecule has 0 aliphatic heterocycles. The topological polar surface area (TPSA) is 53.4 Å². The molecule has 1 fully saturated rings. The molecule has 1 saturated carbocycles. The molecule has 2 atom stereocenters. The third kappa shape index (κ3) is 3.60. The zero-order valence-corrected chi connectivity index (χ0v) is 14.0. The highest BCUT2D eigenvalue weighted by Crippen LogP contribution is 2.36. The van der Waals surface area contributed by atoms with Crippen LogP contribution in [-0.4, -0.2) is 15.2 Å². The number of fused-ring (bicyclic) bond motifs is 1. The molecule has 124 valence electrons. The molecule has 0 radical (unpaired) electrons. The van der Waals surface area contributed by atoms with Crippen molar-refractivity contribution in [2.24, 2.45) is 11.8 Å². The van der Waals surface area contributed by atoms with Crippen molar-refractivity contribution in [1.29, 1.82) is 0 Å². The van der Waals surface area contributed by atoms with Crippen LogP contribution in [0.15, 0.2) is 24.3 Å². The van der Waals surface area contributed by atoms with Crippen LogP contribution in [0, 0.1) is 11.8 Å². The van der Waals surface area contributed by atoms with E-state index in [9.17, 15) is 10.2 Å². The second-order valence-corrected chi connectivity index (χ2v) is 7.05. The summed E-state index contributed by atoms with van der Waals surface area (Å²) < 4.78 is 0. The highest BCUT2D eigenvalue weighted by atomic mass is 16.3. The summed E-state index contributed by atoms with van der Waals surface area (Å²) in [6.45, 7) is 2.38. The highest BCUT2D eigenvalue weighted by Gasteiger charge is 2.22. The lowest BCUT2D eigenvalue weighted by atomic mass is 9.92. The summed E-state index contributed by atoms with van der Waals surface area (Å²) in [6.07, 6.45) is 9.60. The SMILES string of the molecule is C[C@H]1CCC[C@H]1CCCCCc1c(O)nc2ccccc2c1O. The van der Waals surface area contributed by atoms with Crippen molar-refractivity contribution in [3.05, 3.63) is 29.8 Å². The van der Waals surface area contributed by atoms with Crippen LogP contribution in [0.25, 0.3) is 10.9 Å². The summed E-state index contributed by atoms with van der Waals surface area (Å²) in [5.41, 5.74) is 1.24. The monoisotopic (exact) mass is 313 g/mol. The van der Waals surface area contributed by atoms with E-state index in [1.807, 2.05) is 18.2 Å². The van der Waals surface area contributed by atoms with Gasteiger partial charge in [0.25, 0.3) is 0 Å². The summed E-state index contributed by atoms with van der Waals surface area (Å²) in [6, 6.07) is 7.40. The number of nitrogens with zero attached hydrogens (tertiary/aromatic N) is 1. The highest BCUT2D eigenvalue weighted by molar-refractivity contribution is 5.86. The lowest BCUT2D eigenvalue weighted by Crippen LogP contribution is -2.03. The van der Waals surface area contributed by atoms with Crippen LogP contribution in [0.4, 0.5) is 0 Å². The molecule has 3 rings (SSSR count). The Labute approximate surface area is 138 Å². The summed E-state index contributed by atoms with van der Waals surface area (Å²) in [7, 11) is 0. The minimum Gasteiger partial charge on any atom is -0.507 e. The number of aromatic hydroxyl groups is 2. The van der Waals surface area contributed by atoms with Gasteiger partial charge in [0.1, 0.15) is 5.75 Å². The van der Waals surface area contributed by atoms with Gasteiger partial charge in [-0.3, -0.25) is 0 Å². The summed E-state index contributed by atoms with van der Waals surface area (Å²) in [5.74, 6) is 1.98. The molecule has 23 heavy (non-hydrogen) atoms. The Hall–Kier alpha value is -1.77. The van der Waals surface area contributed by atoms with Gasteiger partial charge in [0.15, 0.2) is 0 Å². The van der Waals surface area contributed by atoms with Crippen molar-refractivity contribution in [3.8, 4) is 11.6 Å². The Morgan fingerprint density at radius 2 is 1.91 bits per heavy atom. The molecule has 0 amide bonds. The first-order chi connectivity index (χ1) is 11.2. The third-order valence-electron chi connectivity index (χ3n) is 5.48. The van der Waals surface area contributed by atoms with E-state index in [1.54, 1.807) is 6.07 Å². The first-order valence-electron chi connectivity index (χ1n) is 8.96. The van der Waals surface area contributed by atoms with Gasteiger partial charge in [-0.05, 0) is 36.8 Å². The summed E-state index contributed by atoms with van der Waals surface area (Å²) in [4.78, 5) is 4.20. The van der Waals surface area contributed by atoms with Crippen LogP contribution in [0.1, 0.15) is 57.4 Å². The van der Waals surface area contributed by atoms with E-state index in [2.05, 4.69) is 11.9 Å². The van der Waals surface area contributed by atoms with Crippen LogP contribution in [-0.2, 0) is 6.42 Å². The number of unbranched alkanes of at least 4 members (excludes halogenated alkanes) is 2. The Morgan fingerprint density at radius 3 is 2.70 bits per heavy atom. The molecule has 0 spiro atoms. The summed E-state index contributed by atoms with van der Waals surface area (Å²) >= 11 is 0. The van der Waals surface area contributed by atoms with Gasteiger partial charge in [-0.15, -0.1) is 0 Å². The molecule has 2 N–H and O–H groups in total. The van der Waals surface area contributed by atoms with Crippen molar-refractivity contribution in [2.75, 3.05) is 0 Å². The van der Waals surface area contributed by atoms with Gasteiger partial charge in [-0.1, -0.05) is 57.6 Å². The molecule has 1 aromatic heterocycles. The molecule has 1 aliphatic carbocycles. The average molecular weight is 313 g/mol. The normalized spacial score (nSPS) is 21.1. The standard InChI is InChI=1S/C20H27NO2/c1-14-8-7-10-15(14)9-3-2-4-12-17-19(22)16-11-5-6-13-18(16)21-20(17)23/h5-6,11,13-15H,2-4,7-10,12H2,1H3,(H2,21,22,23)/t14-,15+/m0/s1. The first-order valence-corrected chi connectivity index (χ1v) is 8.96. The van der Waals surface area contributed by atoms with Crippen molar-refractivity contribution in [3.63, 3.8) is 0 Å². The molecule has 0 unspecified atom stereocenters. The van der Waals surface area contributed by atoms with E-state index in [0.29, 0.717) is 17.5 Å². The minimum absolute atomic E-state index is 0.0226. The number of benzene rings is 1. The average Bonchev–Trinajstić information content (AvgIpc) is 2.95. The van der Waals surface area contributed by atoms with E-state index in [1.165, 1.54) is 32.1 Å². The number of rotatable bonds is 6. The Bertz CT molecular complexity index is 668. The second kappa shape index (κ2) is 7.20. The van der Waals surface area contributed by atoms with Gasteiger partial charge in [0, 0.05) is 5.39 Å². The maximum absolute atomic E-state index is 10.4. The number of aromatic nitrogens is 1. The third-order valence-corrected chi connectivity index (χ3v) is 5.48. The molecular weight excluding hydrogens is 286 g/mol. The molecule has 1 aromatic carbocycles. The summed E-state index contributed by atoms with van der Waals surface area (Å²) in [5, 5.41) is 21.2. The molecular formula is C20H27NO2. The van der Waals surface area contributed by atoms with Crippen LogP contribution in [0.3, 0.4) is 0 Å². The number of hydrogen-bond donors (Lipinski definition) is 2. The van der Waals surface area contributed by atoms with Gasteiger partial charge in [0.05, 0.1) is 11.1 Å². The predicted octanol–water partition coefficient (Wildman–Crippen LogP) is 5.19. The number of pyridine rings is 1. The van der Waals surface area contributed by atoms with Crippen molar-refractivity contribution >= 4 is 10.9 Å². The van der Waals surface area contributed by atoms with Crippen LogP contribution in [0.2, 0.25) is 0 Å². The molecule has 0 bridgehead atoms. The smallest absolute Gasteiger partial charge is 0.218 e. The van der Waals surface area contributed by atoms with Crippen molar-refractivity contribution in [1.82, 2.24) is 4.98 Å². The van der Waals surface area contributed by atoms with E-state index in [-0.39, 0.29) is 11.6 Å². The van der Waals surface area contributed by atoms with Gasteiger partial charge in [-0.2, -0.15) is 0 Å². The second-order valence-electron chi connectivity index (χ2n) is 7.05. The Morgan fingerprint density at radius 1 is 1.09 bits per heavy atom. The van der Waals surface area contributed by atoms with E-state index >= 15 is 0 Å².